The molecule has 1 aromatic heterocycles. The summed E-state index contributed by atoms with van der Waals surface area (Å²) in [7, 11) is 5.58. The van der Waals surface area contributed by atoms with Crippen LogP contribution in [0.3, 0.4) is 0 Å². The molecule has 0 fully saturated rings. The number of hydrogen-bond acceptors (Lipinski definition) is 4. The van der Waals surface area contributed by atoms with Crippen LogP contribution in [0.15, 0.2) is 36.5 Å². The van der Waals surface area contributed by atoms with Crippen molar-refractivity contribution in [1.82, 2.24) is 15.2 Å². The molecule has 0 aliphatic carbocycles. The predicted molar refractivity (Wildman–Crippen MR) is 97.9 cm³/mol. The summed E-state index contributed by atoms with van der Waals surface area (Å²) in [5.74, 6) is 1.79. The number of anilines is 1. The molecule has 1 N–H and O–H groups in total. The SMILES string of the molecule is COc1cccc2c1CCN(C(=O)NCc1ccnc(N(C)C)c1)C2. The van der Waals surface area contributed by atoms with Crippen LogP contribution in [0.4, 0.5) is 10.6 Å². The highest BCUT2D eigenvalue weighted by Gasteiger charge is 2.22. The Morgan fingerprint density at radius 3 is 2.96 bits per heavy atom. The third kappa shape index (κ3) is 3.84. The molecule has 132 valence electrons. The lowest BCUT2D eigenvalue weighted by Crippen LogP contribution is -2.42. The molecular formula is C19H24N4O2. The predicted octanol–water partition coefficient (Wildman–Crippen LogP) is 2.42. The molecule has 0 saturated carbocycles. The number of nitrogens with zero attached hydrogens (tertiary/aromatic N) is 3. The van der Waals surface area contributed by atoms with E-state index in [0.29, 0.717) is 19.6 Å². The molecule has 0 bridgehead atoms. The third-order valence-corrected chi connectivity index (χ3v) is 4.44. The fraction of sp³-hybridized carbons (Fsp3) is 0.368. The van der Waals surface area contributed by atoms with Crippen molar-refractivity contribution in [2.75, 3.05) is 32.6 Å². The Hall–Kier alpha value is -2.76. The number of methoxy groups -OCH3 is 1. The average molecular weight is 340 g/mol. The Morgan fingerprint density at radius 2 is 2.20 bits per heavy atom. The number of fused-ring (bicyclic) bond motifs is 1. The summed E-state index contributed by atoms with van der Waals surface area (Å²) >= 11 is 0. The maximum absolute atomic E-state index is 12.5. The Morgan fingerprint density at radius 1 is 1.36 bits per heavy atom. The van der Waals surface area contributed by atoms with Crippen LogP contribution in [0.1, 0.15) is 16.7 Å². The molecule has 0 atom stereocenters. The smallest absolute Gasteiger partial charge is 0.317 e. The molecule has 0 unspecified atom stereocenters. The van der Waals surface area contributed by atoms with Crippen LogP contribution >= 0.6 is 0 Å². The summed E-state index contributed by atoms with van der Waals surface area (Å²) < 4.78 is 5.42. The number of urea groups is 1. The number of benzene rings is 1. The van der Waals surface area contributed by atoms with E-state index in [1.54, 1.807) is 13.3 Å². The van der Waals surface area contributed by atoms with Gasteiger partial charge >= 0.3 is 6.03 Å². The van der Waals surface area contributed by atoms with Crippen molar-refractivity contribution >= 4 is 11.8 Å². The van der Waals surface area contributed by atoms with Gasteiger partial charge in [-0.05, 0) is 35.7 Å². The maximum atomic E-state index is 12.5. The van der Waals surface area contributed by atoms with Crippen LogP contribution in [0, 0.1) is 0 Å². The number of amides is 2. The number of aromatic nitrogens is 1. The van der Waals surface area contributed by atoms with E-state index in [9.17, 15) is 4.79 Å². The first-order chi connectivity index (χ1) is 12.1. The van der Waals surface area contributed by atoms with E-state index in [1.807, 2.05) is 48.2 Å². The Bertz CT molecular complexity index is 761. The van der Waals surface area contributed by atoms with Gasteiger partial charge in [0.25, 0.3) is 0 Å². The van der Waals surface area contributed by atoms with Gasteiger partial charge in [0.2, 0.25) is 0 Å². The fourth-order valence-electron chi connectivity index (χ4n) is 3.04. The van der Waals surface area contributed by atoms with Gasteiger partial charge in [-0.3, -0.25) is 0 Å². The van der Waals surface area contributed by atoms with E-state index in [2.05, 4.69) is 16.4 Å². The monoisotopic (exact) mass is 340 g/mol. The number of ether oxygens (including phenoxy) is 1. The van der Waals surface area contributed by atoms with Crippen molar-refractivity contribution in [3.05, 3.63) is 53.2 Å². The summed E-state index contributed by atoms with van der Waals surface area (Å²) in [4.78, 5) is 20.6. The van der Waals surface area contributed by atoms with E-state index in [4.69, 9.17) is 4.74 Å². The second-order valence-electron chi connectivity index (χ2n) is 6.34. The average Bonchev–Trinajstić information content (AvgIpc) is 2.65. The van der Waals surface area contributed by atoms with E-state index in [0.717, 1.165) is 29.1 Å². The van der Waals surface area contributed by atoms with E-state index in [1.165, 1.54) is 5.56 Å². The molecule has 25 heavy (non-hydrogen) atoms. The van der Waals surface area contributed by atoms with Crippen molar-refractivity contribution in [2.45, 2.75) is 19.5 Å². The molecule has 1 aromatic carbocycles. The molecule has 1 aliphatic heterocycles. The van der Waals surface area contributed by atoms with Crippen LogP contribution in [-0.2, 0) is 19.5 Å². The summed E-state index contributed by atoms with van der Waals surface area (Å²) in [5, 5.41) is 3.00. The van der Waals surface area contributed by atoms with Gasteiger partial charge in [-0.2, -0.15) is 0 Å². The zero-order valence-electron chi connectivity index (χ0n) is 15.0. The largest absolute Gasteiger partial charge is 0.496 e. The van der Waals surface area contributed by atoms with Crippen LogP contribution in [0.2, 0.25) is 0 Å². The zero-order chi connectivity index (χ0) is 17.8. The van der Waals surface area contributed by atoms with Crippen LogP contribution < -0.4 is 15.0 Å². The van der Waals surface area contributed by atoms with Gasteiger partial charge < -0.3 is 19.9 Å². The van der Waals surface area contributed by atoms with E-state index < -0.39 is 0 Å². The van der Waals surface area contributed by atoms with Crippen molar-refractivity contribution in [1.29, 1.82) is 0 Å². The number of rotatable bonds is 4. The highest BCUT2D eigenvalue weighted by atomic mass is 16.5. The summed E-state index contributed by atoms with van der Waals surface area (Å²) in [6.45, 7) is 1.79. The first-order valence-electron chi connectivity index (χ1n) is 8.38. The van der Waals surface area contributed by atoms with Gasteiger partial charge in [0.1, 0.15) is 11.6 Å². The number of carbonyl (C=O) groups is 1. The van der Waals surface area contributed by atoms with Crippen molar-refractivity contribution in [3.63, 3.8) is 0 Å². The first-order valence-corrected chi connectivity index (χ1v) is 8.38. The minimum Gasteiger partial charge on any atom is -0.496 e. The molecule has 0 radical (unpaired) electrons. The number of nitrogens with one attached hydrogen (secondary N) is 1. The first kappa shape index (κ1) is 17.1. The van der Waals surface area contributed by atoms with Gasteiger partial charge in [0, 0.05) is 45.5 Å². The zero-order valence-corrected chi connectivity index (χ0v) is 15.0. The summed E-state index contributed by atoms with van der Waals surface area (Å²) in [6.07, 6.45) is 2.58. The van der Waals surface area contributed by atoms with Crippen molar-refractivity contribution in [3.8, 4) is 5.75 Å². The number of hydrogen-bond donors (Lipinski definition) is 1. The lowest BCUT2D eigenvalue weighted by Gasteiger charge is -2.29. The Balaban J connectivity index is 1.62. The maximum Gasteiger partial charge on any atom is 0.317 e. The van der Waals surface area contributed by atoms with Gasteiger partial charge in [0.05, 0.1) is 7.11 Å². The van der Waals surface area contributed by atoms with Gasteiger partial charge in [-0.25, -0.2) is 9.78 Å². The number of pyridine rings is 1. The molecule has 2 aromatic rings. The molecule has 3 rings (SSSR count). The highest BCUT2D eigenvalue weighted by Crippen LogP contribution is 2.27. The molecule has 1 aliphatic rings. The summed E-state index contributed by atoms with van der Waals surface area (Å²) in [5.41, 5.74) is 3.39. The molecule has 6 nitrogen and oxygen atoms in total. The standard InChI is InChI=1S/C19H24N4O2/c1-22(2)18-11-14(7-9-20-18)12-21-19(24)23-10-8-16-15(13-23)5-4-6-17(16)25-3/h4-7,9,11H,8,10,12-13H2,1-3H3,(H,21,24). The minimum atomic E-state index is -0.0447. The van der Waals surface area contributed by atoms with Crippen molar-refractivity contribution < 1.29 is 9.53 Å². The molecule has 2 heterocycles. The van der Waals surface area contributed by atoms with Gasteiger partial charge in [0.15, 0.2) is 0 Å². The highest BCUT2D eigenvalue weighted by molar-refractivity contribution is 5.74. The minimum absolute atomic E-state index is 0.0447. The normalized spacial score (nSPS) is 13.2. The number of carbonyl (C=O) groups excluding carboxylic acids is 1. The Labute approximate surface area is 148 Å². The van der Waals surface area contributed by atoms with Crippen LogP contribution in [0.5, 0.6) is 5.75 Å². The van der Waals surface area contributed by atoms with Crippen molar-refractivity contribution in [2.24, 2.45) is 0 Å². The quantitative estimate of drug-likeness (QED) is 0.929. The van der Waals surface area contributed by atoms with Crippen LogP contribution in [0.25, 0.3) is 0 Å². The molecule has 0 saturated heterocycles. The second kappa shape index (κ2) is 7.42. The van der Waals surface area contributed by atoms with Gasteiger partial charge in [-0.15, -0.1) is 0 Å². The fourth-order valence-corrected chi connectivity index (χ4v) is 3.04. The molecule has 0 spiro atoms. The van der Waals surface area contributed by atoms with E-state index in [-0.39, 0.29) is 6.03 Å². The lowest BCUT2D eigenvalue weighted by atomic mass is 9.99. The van der Waals surface area contributed by atoms with E-state index >= 15 is 0 Å². The topological polar surface area (TPSA) is 57.7 Å². The lowest BCUT2D eigenvalue weighted by molar-refractivity contribution is 0.191. The second-order valence-corrected chi connectivity index (χ2v) is 6.34. The molecule has 2 amide bonds. The van der Waals surface area contributed by atoms with Gasteiger partial charge in [-0.1, -0.05) is 12.1 Å². The Kier molecular flexibility index (Phi) is 5.07. The third-order valence-electron chi connectivity index (χ3n) is 4.44. The molecule has 6 heteroatoms. The summed E-state index contributed by atoms with van der Waals surface area (Å²) in [6, 6.07) is 9.86. The molecular weight excluding hydrogens is 316 g/mol. The van der Waals surface area contributed by atoms with Crippen LogP contribution in [-0.4, -0.2) is 43.7 Å².